The van der Waals surface area contributed by atoms with Gasteiger partial charge in [-0.1, -0.05) is 24.3 Å². The summed E-state index contributed by atoms with van der Waals surface area (Å²) in [5, 5.41) is 10.3. The fraction of sp³-hybridized carbons (Fsp3) is 0.350. The average molecular weight is 400 g/mol. The van der Waals surface area contributed by atoms with Gasteiger partial charge in [0.1, 0.15) is 5.82 Å². The first-order valence-electron chi connectivity index (χ1n) is 9.42. The van der Waals surface area contributed by atoms with Gasteiger partial charge >= 0.3 is 0 Å². The van der Waals surface area contributed by atoms with Crippen LogP contribution in [0.15, 0.2) is 42.6 Å². The number of hydrogen-bond acceptors (Lipinski definition) is 6. The Kier molecular flexibility index (Phi) is 5.39. The van der Waals surface area contributed by atoms with Crippen molar-refractivity contribution in [2.75, 3.05) is 23.3 Å². The Hall–Kier alpha value is -3.07. The Labute approximate surface area is 167 Å². The van der Waals surface area contributed by atoms with E-state index in [1.165, 1.54) is 12.1 Å². The molecule has 0 aliphatic carbocycles. The first-order valence-corrected chi connectivity index (χ1v) is 9.42. The first kappa shape index (κ1) is 19.3. The third kappa shape index (κ3) is 4.51. The zero-order valence-corrected chi connectivity index (χ0v) is 16.1. The van der Waals surface area contributed by atoms with Gasteiger partial charge in [-0.05, 0) is 25.5 Å². The molecule has 29 heavy (non-hydrogen) atoms. The summed E-state index contributed by atoms with van der Waals surface area (Å²) in [6.45, 7) is 5.53. The molecule has 1 aliphatic rings. The van der Waals surface area contributed by atoms with Crippen molar-refractivity contribution in [2.24, 2.45) is 0 Å². The van der Waals surface area contributed by atoms with Crippen LogP contribution in [0, 0.1) is 0 Å². The van der Waals surface area contributed by atoms with Crippen molar-refractivity contribution in [3.63, 3.8) is 0 Å². The molecule has 152 valence electrons. The minimum Gasteiger partial charge on any atom is -0.372 e. The van der Waals surface area contributed by atoms with E-state index in [1.807, 2.05) is 13.8 Å². The maximum absolute atomic E-state index is 12.7. The van der Waals surface area contributed by atoms with Gasteiger partial charge in [-0.2, -0.15) is 10.1 Å². The Bertz CT molecular complexity index is 952. The highest BCUT2D eigenvalue weighted by atomic mass is 19.3. The molecule has 4 rings (SSSR count). The number of aromatic nitrogens is 4. The van der Waals surface area contributed by atoms with E-state index in [0.717, 1.165) is 24.3 Å². The van der Waals surface area contributed by atoms with Crippen LogP contribution >= 0.6 is 0 Å². The van der Waals surface area contributed by atoms with Crippen LogP contribution in [0.4, 0.5) is 26.4 Å². The summed E-state index contributed by atoms with van der Waals surface area (Å²) in [5.74, 6) is 1.83. The van der Waals surface area contributed by atoms with Crippen LogP contribution in [0.5, 0.6) is 0 Å². The van der Waals surface area contributed by atoms with Gasteiger partial charge in [-0.3, -0.25) is 5.10 Å². The molecule has 9 heteroatoms. The number of nitrogens with one attached hydrogen (secondary N) is 2. The predicted molar refractivity (Wildman–Crippen MR) is 107 cm³/mol. The minimum absolute atomic E-state index is 0.00752. The van der Waals surface area contributed by atoms with Gasteiger partial charge in [-0.15, -0.1) is 0 Å². The van der Waals surface area contributed by atoms with Crippen LogP contribution in [-0.2, 0) is 4.74 Å². The zero-order valence-electron chi connectivity index (χ0n) is 16.1. The molecular formula is C20H22F2N6O. The molecular weight excluding hydrogens is 378 g/mol. The molecule has 0 spiro atoms. The molecule has 3 heterocycles. The lowest BCUT2D eigenvalue weighted by atomic mass is 10.1. The number of ether oxygens (including phenoxy) is 1. The Balaban J connectivity index is 1.47. The summed E-state index contributed by atoms with van der Waals surface area (Å²) in [6, 6.07) is 9.68. The summed E-state index contributed by atoms with van der Waals surface area (Å²) >= 11 is 0. The number of halogens is 2. The molecule has 1 aliphatic heterocycles. The lowest BCUT2D eigenvalue weighted by molar-refractivity contribution is -0.00571. The molecule has 3 aromatic rings. The van der Waals surface area contributed by atoms with Crippen LogP contribution in [0.1, 0.15) is 25.8 Å². The van der Waals surface area contributed by atoms with Gasteiger partial charge in [0.25, 0.3) is 6.43 Å². The number of rotatable bonds is 5. The largest absolute Gasteiger partial charge is 0.372 e. The lowest BCUT2D eigenvalue weighted by Crippen LogP contribution is -2.46. The second kappa shape index (κ2) is 8.12. The highest BCUT2D eigenvalue weighted by Crippen LogP contribution is 2.25. The number of hydrogen-bond donors (Lipinski definition) is 2. The molecule has 0 saturated carbocycles. The van der Waals surface area contributed by atoms with Crippen molar-refractivity contribution in [1.29, 1.82) is 0 Å². The van der Waals surface area contributed by atoms with E-state index in [9.17, 15) is 8.78 Å². The number of alkyl halides is 2. The summed E-state index contributed by atoms with van der Waals surface area (Å²) in [6.07, 6.45) is -0.548. The number of aromatic amines is 1. The van der Waals surface area contributed by atoms with Crippen LogP contribution in [0.2, 0.25) is 0 Å². The highest BCUT2D eigenvalue weighted by Gasteiger charge is 2.24. The summed E-state index contributed by atoms with van der Waals surface area (Å²) in [4.78, 5) is 11.1. The smallest absolute Gasteiger partial charge is 0.263 e. The van der Waals surface area contributed by atoms with E-state index in [0.29, 0.717) is 17.6 Å². The van der Waals surface area contributed by atoms with Gasteiger partial charge in [0, 0.05) is 30.9 Å². The molecule has 0 bridgehead atoms. The molecule has 1 fully saturated rings. The van der Waals surface area contributed by atoms with E-state index in [2.05, 4.69) is 30.4 Å². The number of benzene rings is 1. The molecule has 1 aromatic carbocycles. The molecule has 0 radical (unpaired) electrons. The third-order valence-electron chi connectivity index (χ3n) is 4.65. The fourth-order valence-corrected chi connectivity index (χ4v) is 3.38. The van der Waals surface area contributed by atoms with E-state index >= 15 is 0 Å². The Morgan fingerprint density at radius 1 is 1.10 bits per heavy atom. The standard InChI is InChI=1S/C20H22F2N6O/c1-12-10-28(11-13(2)29-12)20-23-8-7-17(25-20)24-18-9-16(26-27-18)14-3-5-15(6-4-14)19(21)22/h3-9,12-13,19H,10-11H2,1-2H3,(H2,23,24,25,26,27)/t12-,13+. The van der Waals surface area contributed by atoms with E-state index in [1.54, 1.807) is 30.5 Å². The zero-order chi connectivity index (χ0) is 20.4. The van der Waals surface area contributed by atoms with Gasteiger partial charge in [0.2, 0.25) is 5.95 Å². The van der Waals surface area contributed by atoms with Crippen molar-refractivity contribution in [2.45, 2.75) is 32.5 Å². The number of anilines is 3. The minimum atomic E-state index is -2.48. The van der Waals surface area contributed by atoms with Crippen molar-refractivity contribution in [3.05, 3.63) is 48.2 Å². The lowest BCUT2D eigenvalue weighted by Gasteiger charge is -2.35. The van der Waals surface area contributed by atoms with Crippen molar-refractivity contribution < 1.29 is 13.5 Å². The highest BCUT2D eigenvalue weighted by molar-refractivity contribution is 5.65. The number of H-pyrrole nitrogens is 1. The molecule has 2 atom stereocenters. The third-order valence-corrected chi connectivity index (χ3v) is 4.65. The van der Waals surface area contributed by atoms with Gasteiger partial charge < -0.3 is 15.0 Å². The maximum atomic E-state index is 12.7. The Morgan fingerprint density at radius 3 is 2.52 bits per heavy atom. The summed E-state index contributed by atoms with van der Waals surface area (Å²) in [5.41, 5.74) is 1.49. The molecule has 2 N–H and O–H groups in total. The summed E-state index contributed by atoms with van der Waals surface area (Å²) in [7, 11) is 0. The number of morpholine rings is 1. The SMILES string of the molecule is C[C@@H]1CN(c2nccc(Nc3cc(-c4ccc(C(F)F)cc4)[nH]n3)n2)C[C@H](C)O1. The van der Waals surface area contributed by atoms with Crippen LogP contribution < -0.4 is 10.2 Å². The molecule has 2 aromatic heterocycles. The monoisotopic (exact) mass is 400 g/mol. The van der Waals surface area contributed by atoms with Crippen LogP contribution in [-0.4, -0.2) is 45.5 Å². The number of nitrogens with zero attached hydrogens (tertiary/aromatic N) is 4. The summed E-state index contributed by atoms with van der Waals surface area (Å²) < 4.78 is 31.2. The van der Waals surface area contributed by atoms with E-state index in [4.69, 9.17) is 4.74 Å². The first-order chi connectivity index (χ1) is 14.0. The van der Waals surface area contributed by atoms with E-state index in [-0.39, 0.29) is 17.8 Å². The maximum Gasteiger partial charge on any atom is 0.263 e. The predicted octanol–water partition coefficient (Wildman–Crippen LogP) is 4.16. The van der Waals surface area contributed by atoms with Crippen molar-refractivity contribution in [1.82, 2.24) is 20.2 Å². The van der Waals surface area contributed by atoms with Gasteiger partial charge in [0.15, 0.2) is 5.82 Å². The van der Waals surface area contributed by atoms with Gasteiger partial charge in [0.05, 0.1) is 17.9 Å². The molecule has 0 amide bonds. The normalized spacial score (nSPS) is 19.6. The van der Waals surface area contributed by atoms with Crippen LogP contribution in [0.3, 0.4) is 0 Å². The Morgan fingerprint density at radius 2 is 1.83 bits per heavy atom. The second-order valence-electron chi connectivity index (χ2n) is 7.12. The fourth-order valence-electron chi connectivity index (χ4n) is 3.38. The average Bonchev–Trinajstić information content (AvgIpc) is 3.16. The van der Waals surface area contributed by atoms with Gasteiger partial charge in [-0.25, -0.2) is 13.8 Å². The second-order valence-corrected chi connectivity index (χ2v) is 7.12. The topological polar surface area (TPSA) is 79.0 Å². The molecule has 0 unspecified atom stereocenters. The molecule has 1 saturated heterocycles. The van der Waals surface area contributed by atoms with E-state index < -0.39 is 6.43 Å². The van der Waals surface area contributed by atoms with Crippen molar-refractivity contribution in [3.8, 4) is 11.3 Å². The van der Waals surface area contributed by atoms with Crippen molar-refractivity contribution >= 4 is 17.6 Å². The molecule has 7 nitrogen and oxygen atoms in total. The quantitative estimate of drug-likeness (QED) is 0.670. The van der Waals surface area contributed by atoms with Crippen LogP contribution in [0.25, 0.3) is 11.3 Å².